The van der Waals surface area contributed by atoms with E-state index in [-0.39, 0.29) is 53.2 Å². The molecule has 0 aromatic heterocycles. The van der Waals surface area contributed by atoms with Crippen LogP contribution in [0.25, 0.3) is 0 Å². The van der Waals surface area contributed by atoms with Gasteiger partial charge >= 0.3 is 11.9 Å². The minimum Gasteiger partial charge on any atom is -0.465 e. The number of rotatable bonds is 3. The number of Topliss-reactive ketones (excluding diaryl/α,β-unsaturated/α-hetero) is 1. The molecule has 3 unspecified atom stereocenters. The molecule has 1 saturated heterocycles. The van der Waals surface area contributed by atoms with Gasteiger partial charge in [-0.3, -0.25) is 14.4 Å². The summed E-state index contributed by atoms with van der Waals surface area (Å²) < 4.78 is 11.8. The number of carbonyl (C=O) groups is 3. The summed E-state index contributed by atoms with van der Waals surface area (Å²) in [6, 6.07) is 0. The number of allylic oxidation sites excluding steroid dienone is 1. The lowest BCUT2D eigenvalue weighted by atomic mass is 9.35. The molecule has 6 heteroatoms. The van der Waals surface area contributed by atoms with Gasteiger partial charge in [-0.15, -0.1) is 11.6 Å². The molecular formula is C23H29ClO5. The van der Waals surface area contributed by atoms with Crippen LogP contribution in [0.5, 0.6) is 0 Å². The van der Waals surface area contributed by atoms with Crippen LogP contribution in [0.2, 0.25) is 0 Å². The molecular weight excluding hydrogens is 392 g/mol. The van der Waals surface area contributed by atoms with Crippen LogP contribution in [-0.4, -0.2) is 36.3 Å². The maximum absolute atomic E-state index is 13.6. The number of ether oxygens (including phenoxy) is 2. The molecule has 5 aliphatic carbocycles. The average Bonchev–Trinajstić information content (AvgIpc) is 2.69. The topological polar surface area (TPSA) is 69.7 Å². The molecule has 1 heterocycles. The van der Waals surface area contributed by atoms with Gasteiger partial charge in [0.1, 0.15) is 6.10 Å². The fourth-order valence-electron chi connectivity index (χ4n) is 7.94. The van der Waals surface area contributed by atoms with Crippen LogP contribution in [0.1, 0.15) is 58.3 Å². The molecule has 6 fully saturated rings. The zero-order chi connectivity index (χ0) is 20.6. The van der Waals surface area contributed by atoms with Crippen LogP contribution in [0, 0.1) is 34.0 Å². The van der Waals surface area contributed by atoms with Crippen LogP contribution in [0.3, 0.4) is 0 Å². The molecule has 0 aromatic rings. The molecule has 1 aliphatic heterocycles. The Morgan fingerprint density at radius 2 is 2.00 bits per heavy atom. The SMILES string of the molecule is C=C1C(=O)C23CC[C@H]1CC2[C@@]12CCC[C@@](C)(COC1=O)C2C[C@H]3OC(=O)CCCl. The summed E-state index contributed by atoms with van der Waals surface area (Å²) in [4.78, 5) is 39.5. The molecule has 4 bridgehead atoms. The van der Waals surface area contributed by atoms with E-state index in [1.807, 2.05) is 0 Å². The van der Waals surface area contributed by atoms with Gasteiger partial charge in [-0.05, 0) is 61.9 Å². The van der Waals surface area contributed by atoms with Crippen LogP contribution in [-0.2, 0) is 23.9 Å². The van der Waals surface area contributed by atoms with Crippen LogP contribution in [0.4, 0.5) is 0 Å². The number of fused-ring (bicyclic) bond motifs is 2. The first-order valence-corrected chi connectivity index (χ1v) is 11.5. The van der Waals surface area contributed by atoms with Gasteiger partial charge < -0.3 is 9.47 Å². The number of hydrogen-bond donors (Lipinski definition) is 0. The van der Waals surface area contributed by atoms with Crippen molar-refractivity contribution in [2.45, 2.75) is 64.4 Å². The highest BCUT2D eigenvalue weighted by atomic mass is 35.5. The molecule has 5 saturated carbocycles. The van der Waals surface area contributed by atoms with E-state index >= 15 is 0 Å². The molecule has 5 nitrogen and oxygen atoms in total. The molecule has 0 amide bonds. The minimum absolute atomic E-state index is 0.0205. The second-order valence-corrected chi connectivity index (χ2v) is 10.6. The molecule has 6 rings (SSSR count). The zero-order valence-electron chi connectivity index (χ0n) is 17.0. The van der Waals surface area contributed by atoms with E-state index in [0.29, 0.717) is 25.0 Å². The van der Waals surface area contributed by atoms with Gasteiger partial charge in [-0.2, -0.15) is 0 Å². The van der Waals surface area contributed by atoms with E-state index in [1.54, 1.807) is 0 Å². The van der Waals surface area contributed by atoms with Crippen LogP contribution >= 0.6 is 11.6 Å². The molecule has 7 atom stereocenters. The highest BCUT2D eigenvalue weighted by Crippen LogP contribution is 2.73. The molecule has 0 aromatic carbocycles. The van der Waals surface area contributed by atoms with Gasteiger partial charge in [0.05, 0.1) is 23.9 Å². The molecule has 158 valence electrons. The largest absolute Gasteiger partial charge is 0.465 e. The lowest BCUT2D eigenvalue weighted by Crippen LogP contribution is -2.73. The Labute approximate surface area is 176 Å². The van der Waals surface area contributed by atoms with Gasteiger partial charge in [0.15, 0.2) is 5.78 Å². The summed E-state index contributed by atoms with van der Waals surface area (Å²) in [6.45, 7) is 6.73. The number of cyclic esters (lactones) is 1. The Kier molecular flexibility index (Phi) is 4.27. The summed E-state index contributed by atoms with van der Waals surface area (Å²) >= 11 is 5.77. The maximum atomic E-state index is 13.6. The Hall–Kier alpha value is -1.36. The normalized spacial score (nSPS) is 47.9. The highest BCUT2D eigenvalue weighted by molar-refractivity contribution is 6.18. The van der Waals surface area contributed by atoms with E-state index < -0.39 is 16.9 Å². The van der Waals surface area contributed by atoms with Crippen molar-refractivity contribution in [3.63, 3.8) is 0 Å². The van der Waals surface area contributed by atoms with Crippen molar-refractivity contribution in [1.29, 1.82) is 0 Å². The molecule has 0 N–H and O–H groups in total. The first kappa shape index (κ1) is 19.6. The van der Waals surface area contributed by atoms with E-state index in [1.165, 1.54) is 0 Å². The zero-order valence-corrected chi connectivity index (χ0v) is 17.8. The van der Waals surface area contributed by atoms with Crippen LogP contribution in [0.15, 0.2) is 12.2 Å². The third kappa shape index (κ3) is 2.31. The smallest absolute Gasteiger partial charge is 0.312 e. The van der Waals surface area contributed by atoms with Gasteiger partial charge in [-0.1, -0.05) is 19.9 Å². The minimum atomic E-state index is -0.834. The summed E-state index contributed by atoms with van der Waals surface area (Å²) in [5, 5.41) is 0. The maximum Gasteiger partial charge on any atom is 0.312 e. The summed E-state index contributed by atoms with van der Waals surface area (Å²) in [7, 11) is 0. The van der Waals surface area contributed by atoms with E-state index in [9.17, 15) is 14.4 Å². The van der Waals surface area contributed by atoms with Crippen molar-refractivity contribution >= 4 is 29.3 Å². The number of hydrogen-bond acceptors (Lipinski definition) is 5. The number of ketones is 1. The van der Waals surface area contributed by atoms with Gasteiger partial charge in [0.2, 0.25) is 0 Å². The molecule has 0 radical (unpaired) electrons. The van der Waals surface area contributed by atoms with Crippen molar-refractivity contribution in [1.82, 2.24) is 0 Å². The fourth-order valence-corrected chi connectivity index (χ4v) is 8.09. The number of halogens is 1. The fraction of sp³-hybridized carbons (Fsp3) is 0.783. The predicted octanol–water partition coefficient (Wildman–Crippen LogP) is 3.82. The van der Waals surface area contributed by atoms with Crippen molar-refractivity contribution in [3.8, 4) is 0 Å². The second-order valence-electron chi connectivity index (χ2n) is 10.2. The molecule has 1 spiro atoms. The van der Waals surface area contributed by atoms with Gasteiger partial charge in [-0.25, -0.2) is 0 Å². The lowest BCUT2D eigenvalue weighted by Gasteiger charge is -2.69. The first-order chi connectivity index (χ1) is 13.8. The quantitative estimate of drug-likeness (QED) is 0.394. The van der Waals surface area contributed by atoms with E-state index in [2.05, 4.69) is 13.5 Å². The Morgan fingerprint density at radius 1 is 1.21 bits per heavy atom. The Balaban J connectivity index is 1.65. The van der Waals surface area contributed by atoms with Crippen molar-refractivity contribution < 1.29 is 23.9 Å². The Morgan fingerprint density at radius 3 is 2.76 bits per heavy atom. The highest BCUT2D eigenvalue weighted by Gasteiger charge is 2.76. The predicted molar refractivity (Wildman–Crippen MR) is 106 cm³/mol. The Bertz CT molecular complexity index is 807. The van der Waals surface area contributed by atoms with Gasteiger partial charge in [0.25, 0.3) is 0 Å². The number of carbonyl (C=O) groups excluding carboxylic acids is 3. The summed E-state index contributed by atoms with van der Waals surface area (Å²) in [5.41, 5.74) is -0.931. The van der Waals surface area contributed by atoms with E-state index in [4.69, 9.17) is 21.1 Å². The third-order valence-corrected chi connectivity index (χ3v) is 9.38. The number of alkyl halides is 1. The summed E-state index contributed by atoms with van der Waals surface area (Å²) in [5.74, 6) is -0.185. The first-order valence-electron chi connectivity index (χ1n) is 11.0. The van der Waals surface area contributed by atoms with Crippen molar-refractivity contribution in [2.24, 2.45) is 34.0 Å². The van der Waals surface area contributed by atoms with Gasteiger partial charge in [0, 0.05) is 11.3 Å². The van der Waals surface area contributed by atoms with Crippen molar-refractivity contribution in [2.75, 3.05) is 12.5 Å². The van der Waals surface area contributed by atoms with Crippen molar-refractivity contribution in [3.05, 3.63) is 12.2 Å². The molecule has 29 heavy (non-hydrogen) atoms. The monoisotopic (exact) mass is 420 g/mol. The summed E-state index contributed by atoms with van der Waals surface area (Å²) in [6.07, 6.45) is 5.24. The van der Waals surface area contributed by atoms with Crippen LogP contribution < -0.4 is 0 Å². The average molecular weight is 421 g/mol. The third-order valence-electron chi connectivity index (χ3n) is 9.19. The second kappa shape index (κ2) is 6.32. The molecule has 6 aliphatic rings. The number of esters is 2. The van der Waals surface area contributed by atoms with E-state index in [0.717, 1.165) is 32.1 Å². The lowest BCUT2D eigenvalue weighted by molar-refractivity contribution is -0.257. The standard InChI is InChI=1S/C23H29ClO5/c1-13-14-4-8-23(19(13)26)16(10-14)22-7-3-6-21(2,12-28-20(22)27)15(22)11-17(23)29-18(25)5-9-24/h14-17H,1,3-12H2,2H3/t14-,15?,16?,17+,21-,22-,23?/m0/s1.